The van der Waals surface area contributed by atoms with Crippen molar-refractivity contribution in [1.29, 1.82) is 0 Å². The predicted octanol–water partition coefficient (Wildman–Crippen LogP) is 20.7. The Balaban J connectivity index is 1.05. The van der Waals surface area contributed by atoms with E-state index in [9.17, 15) is 0 Å². The minimum absolute atomic E-state index is 0.0399. The van der Waals surface area contributed by atoms with Crippen LogP contribution in [0.25, 0.3) is 49.9 Å². The molecule has 5 nitrogen and oxygen atoms in total. The number of anilines is 4. The maximum absolute atomic E-state index is 7.21. The molecule has 0 spiro atoms. The Morgan fingerprint density at radius 1 is 0.407 bits per heavy atom. The summed E-state index contributed by atoms with van der Waals surface area (Å²) >= 11 is 0. The monoisotopic (exact) mass is 1060 g/mol. The third-order valence-corrected chi connectivity index (χ3v) is 17.2. The van der Waals surface area contributed by atoms with E-state index < -0.39 is 0 Å². The molecule has 3 heterocycles. The second-order valence-corrected chi connectivity index (χ2v) is 24.9. The molecule has 5 heteroatoms. The molecule has 0 saturated heterocycles. The fraction of sp³-hybridized carbons (Fsp3) is 0.224. The van der Waals surface area contributed by atoms with Crippen molar-refractivity contribution in [2.45, 2.75) is 104 Å². The molecule has 0 bridgehead atoms. The van der Waals surface area contributed by atoms with E-state index in [1.807, 2.05) is 6.20 Å². The maximum atomic E-state index is 7.21. The largest absolute Gasteiger partial charge is 0.457 e. The first kappa shape index (κ1) is 53.0. The van der Waals surface area contributed by atoms with Crippen molar-refractivity contribution in [2.75, 3.05) is 16.5 Å². The van der Waals surface area contributed by atoms with Crippen LogP contribution in [0.15, 0.2) is 225 Å². The van der Waals surface area contributed by atoms with Gasteiger partial charge in [0.1, 0.15) is 24.0 Å². The van der Waals surface area contributed by atoms with Crippen LogP contribution in [0.2, 0.25) is 0 Å². The van der Waals surface area contributed by atoms with Crippen LogP contribution >= 0.6 is 0 Å². The topological polar surface area (TPSA) is 33.5 Å². The highest BCUT2D eigenvalue weighted by Gasteiger charge is 2.35. The van der Waals surface area contributed by atoms with Crippen LogP contribution in [0.3, 0.4) is 0 Å². The first-order valence-corrected chi connectivity index (χ1v) is 28.9. The average molecular weight is 1060 g/mol. The van der Waals surface area contributed by atoms with Gasteiger partial charge in [0.05, 0.1) is 22.4 Å². The van der Waals surface area contributed by atoms with Gasteiger partial charge in [-0.25, -0.2) is 4.98 Å². The van der Waals surface area contributed by atoms with Crippen molar-refractivity contribution in [3.63, 3.8) is 0 Å². The summed E-state index contributed by atoms with van der Waals surface area (Å²) in [6, 6.07) is 80.4. The minimum Gasteiger partial charge on any atom is -0.457 e. The van der Waals surface area contributed by atoms with Crippen molar-refractivity contribution in [3.05, 3.63) is 264 Å². The van der Waals surface area contributed by atoms with Crippen molar-refractivity contribution >= 4 is 44.6 Å². The Labute approximate surface area is 480 Å². The Kier molecular flexibility index (Phi) is 13.6. The Morgan fingerprint density at radius 3 is 1.62 bits per heavy atom. The molecule has 0 atom stereocenters. The zero-order valence-corrected chi connectivity index (χ0v) is 48.9. The normalized spacial score (nSPS) is 13.0. The molecular weight excluding hydrogens is 985 g/mol. The van der Waals surface area contributed by atoms with Gasteiger partial charge in [-0.3, -0.25) is 4.57 Å². The standard InChI is InChI=1S/C76H74N4O/c1-50(2)64-31-23-32-65(51(3)4)73(64)53-34-37-69-71(42-53)79(49-78(69)61-44-58(75(8,9)55-26-17-13-18-27-55)43-59(45-61)76(10,11)56-28-19-14-20-29-56)60-40-54(52-24-15-12-16-25-52)41-63(47-60)81-62-35-36-67-66-30-21-22-33-68(66)80(70(67)48-62)72-46-57(38-39-77-72)74(5,6)7/h12-48,50-51H,49H2,1-11H3. The Morgan fingerprint density at radius 2 is 0.988 bits per heavy atom. The minimum atomic E-state index is -0.292. The van der Waals surface area contributed by atoms with Gasteiger partial charge in [-0.2, -0.15) is 0 Å². The van der Waals surface area contributed by atoms with E-state index in [0.717, 1.165) is 67.6 Å². The highest BCUT2D eigenvalue weighted by atomic mass is 16.5. The number of aromatic nitrogens is 2. The molecule has 12 rings (SSSR count). The number of pyridine rings is 1. The number of hydrogen-bond donors (Lipinski definition) is 0. The fourth-order valence-corrected chi connectivity index (χ4v) is 12.3. The summed E-state index contributed by atoms with van der Waals surface area (Å²) in [6.07, 6.45) is 1.94. The van der Waals surface area contributed by atoms with Gasteiger partial charge in [-0.1, -0.05) is 216 Å². The highest BCUT2D eigenvalue weighted by molar-refractivity contribution is 6.09. The Bertz CT molecular complexity index is 4010. The van der Waals surface area contributed by atoms with Crippen LogP contribution in [0.4, 0.5) is 22.7 Å². The van der Waals surface area contributed by atoms with Gasteiger partial charge >= 0.3 is 0 Å². The van der Waals surface area contributed by atoms with Gasteiger partial charge in [0, 0.05) is 51.3 Å². The molecule has 0 radical (unpaired) electrons. The molecule has 81 heavy (non-hydrogen) atoms. The van der Waals surface area contributed by atoms with Crippen LogP contribution < -0.4 is 14.5 Å². The third kappa shape index (κ3) is 9.88. The summed E-state index contributed by atoms with van der Waals surface area (Å²) in [5.41, 5.74) is 19.8. The lowest BCUT2D eigenvalue weighted by atomic mass is 9.73. The fourth-order valence-electron chi connectivity index (χ4n) is 12.3. The molecule has 0 unspecified atom stereocenters. The number of para-hydroxylation sites is 1. The van der Waals surface area contributed by atoms with Crippen LogP contribution in [0.1, 0.15) is 127 Å². The molecule has 404 valence electrons. The van der Waals surface area contributed by atoms with Gasteiger partial charge in [0.2, 0.25) is 0 Å². The lowest BCUT2D eigenvalue weighted by Gasteiger charge is -2.33. The summed E-state index contributed by atoms with van der Waals surface area (Å²) in [7, 11) is 0. The first-order chi connectivity index (χ1) is 38.9. The van der Waals surface area contributed by atoms with E-state index >= 15 is 0 Å². The van der Waals surface area contributed by atoms with Crippen LogP contribution in [0, 0.1) is 0 Å². The number of benzene rings is 9. The number of fused-ring (bicyclic) bond motifs is 4. The lowest BCUT2D eigenvalue weighted by Crippen LogP contribution is -2.27. The molecule has 0 amide bonds. The average Bonchev–Trinajstić information content (AvgIpc) is 4.26. The molecule has 11 aromatic rings. The molecule has 0 N–H and O–H groups in total. The molecule has 2 aromatic heterocycles. The smallest absolute Gasteiger partial charge is 0.137 e. The van der Waals surface area contributed by atoms with E-state index in [2.05, 4.69) is 309 Å². The molecule has 1 aliphatic rings. The summed E-state index contributed by atoms with van der Waals surface area (Å²) in [5.74, 6) is 3.07. The first-order valence-electron chi connectivity index (χ1n) is 28.9. The van der Waals surface area contributed by atoms with E-state index in [4.69, 9.17) is 9.72 Å². The van der Waals surface area contributed by atoms with Crippen LogP contribution in [-0.2, 0) is 16.2 Å². The van der Waals surface area contributed by atoms with E-state index in [0.29, 0.717) is 18.5 Å². The highest BCUT2D eigenvalue weighted by Crippen LogP contribution is 2.51. The van der Waals surface area contributed by atoms with Gasteiger partial charge in [-0.15, -0.1) is 0 Å². The van der Waals surface area contributed by atoms with Crippen LogP contribution in [0.5, 0.6) is 11.5 Å². The van der Waals surface area contributed by atoms with Crippen molar-refractivity contribution in [1.82, 2.24) is 9.55 Å². The quantitative estimate of drug-likeness (QED) is 0.115. The summed E-state index contributed by atoms with van der Waals surface area (Å²) in [4.78, 5) is 10.0. The Hall–Kier alpha value is -8.67. The van der Waals surface area contributed by atoms with Crippen molar-refractivity contribution in [3.8, 4) is 39.6 Å². The number of nitrogens with zero attached hydrogens (tertiary/aromatic N) is 4. The number of rotatable bonds is 13. The zero-order chi connectivity index (χ0) is 56.4. The van der Waals surface area contributed by atoms with Gasteiger partial charge in [-0.05, 0) is 145 Å². The maximum Gasteiger partial charge on any atom is 0.137 e. The van der Waals surface area contributed by atoms with Gasteiger partial charge in [0.15, 0.2) is 0 Å². The molecule has 9 aromatic carbocycles. The molecule has 1 aliphatic heterocycles. The van der Waals surface area contributed by atoms with Crippen LogP contribution in [-0.4, -0.2) is 16.2 Å². The second-order valence-electron chi connectivity index (χ2n) is 24.9. The predicted molar refractivity (Wildman–Crippen MR) is 342 cm³/mol. The molecule has 0 saturated carbocycles. The summed E-state index contributed by atoms with van der Waals surface area (Å²) < 4.78 is 9.49. The van der Waals surface area contributed by atoms with Crippen molar-refractivity contribution < 1.29 is 4.74 Å². The zero-order valence-electron chi connectivity index (χ0n) is 48.9. The van der Waals surface area contributed by atoms with Crippen molar-refractivity contribution in [2.24, 2.45) is 0 Å². The third-order valence-electron chi connectivity index (χ3n) is 17.2. The lowest BCUT2D eigenvalue weighted by molar-refractivity contribution is 0.483. The molecular formula is C76H74N4O. The number of ether oxygens (including phenoxy) is 1. The van der Waals surface area contributed by atoms with E-state index in [1.165, 1.54) is 55.5 Å². The van der Waals surface area contributed by atoms with E-state index in [1.54, 1.807) is 0 Å². The summed E-state index contributed by atoms with van der Waals surface area (Å²) in [6.45, 7) is 26.1. The van der Waals surface area contributed by atoms with E-state index in [-0.39, 0.29) is 16.2 Å². The summed E-state index contributed by atoms with van der Waals surface area (Å²) in [5, 5.41) is 2.32. The SMILES string of the molecule is CC(C)c1cccc(C(C)C)c1-c1ccc2c(c1)N(c1cc(Oc3ccc4c5ccccc5n(-c5cc(C(C)(C)C)ccn5)c4c3)cc(-c3ccccc3)c1)CN2c1cc(C(C)(C)c2ccccc2)cc(C(C)(C)c2ccccc2)c1. The van der Waals surface area contributed by atoms with Gasteiger partial charge < -0.3 is 14.5 Å². The second kappa shape index (κ2) is 20.8. The molecule has 0 aliphatic carbocycles. The molecule has 0 fully saturated rings. The number of hydrogen-bond acceptors (Lipinski definition) is 4. The van der Waals surface area contributed by atoms with Gasteiger partial charge in [0.25, 0.3) is 0 Å².